The van der Waals surface area contributed by atoms with Crippen molar-refractivity contribution >= 4 is 5.97 Å². The Labute approximate surface area is 159 Å². The van der Waals surface area contributed by atoms with Gasteiger partial charge in [-0.25, -0.2) is 9.48 Å². The van der Waals surface area contributed by atoms with Gasteiger partial charge in [-0.1, -0.05) is 25.3 Å². The molecule has 1 aliphatic carbocycles. The molecule has 0 unspecified atom stereocenters. The minimum Gasteiger partial charge on any atom is -0.500 e. The van der Waals surface area contributed by atoms with Gasteiger partial charge in [0.25, 0.3) is 0 Å². The van der Waals surface area contributed by atoms with Crippen LogP contribution in [0.5, 0.6) is 5.75 Å². The first kappa shape index (κ1) is 19.0. The Morgan fingerprint density at radius 2 is 1.96 bits per heavy atom. The highest BCUT2D eigenvalue weighted by molar-refractivity contribution is 5.86. The zero-order chi connectivity index (χ0) is 19.2. The third-order valence-corrected chi connectivity index (χ3v) is 4.90. The number of carbonyl (C=O) groups is 1. The largest absolute Gasteiger partial charge is 0.500 e. The highest BCUT2D eigenvalue weighted by Crippen LogP contribution is 2.32. The number of carbonyl (C=O) groups excluding carboxylic acids is 1. The third kappa shape index (κ3) is 4.51. The Morgan fingerprint density at radius 1 is 1.19 bits per heavy atom. The van der Waals surface area contributed by atoms with E-state index in [1.807, 2.05) is 36.0 Å². The van der Waals surface area contributed by atoms with Crippen LogP contribution in [-0.4, -0.2) is 30.0 Å². The van der Waals surface area contributed by atoms with Crippen molar-refractivity contribution in [3.8, 4) is 11.4 Å². The first-order chi connectivity index (χ1) is 13.1. The molecule has 0 bridgehead atoms. The molecular formula is C21H26N2O4. The summed E-state index contributed by atoms with van der Waals surface area (Å²) in [5.74, 6) is 0.497. The first-order valence-corrected chi connectivity index (χ1v) is 9.28. The minimum absolute atomic E-state index is 0.0105. The van der Waals surface area contributed by atoms with Crippen LogP contribution in [0.4, 0.5) is 0 Å². The van der Waals surface area contributed by atoms with E-state index in [4.69, 9.17) is 19.3 Å². The molecule has 0 atom stereocenters. The predicted octanol–water partition coefficient (Wildman–Crippen LogP) is 4.27. The summed E-state index contributed by atoms with van der Waals surface area (Å²) in [6, 6.07) is 7.88. The normalized spacial score (nSPS) is 15.4. The zero-order valence-electron chi connectivity index (χ0n) is 16.1. The molecule has 0 radical (unpaired) electrons. The molecule has 1 saturated carbocycles. The number of ether oxygens (including phenoxy) is 3. The Hall–Kier alpha value is -2.76. The maximum absolute atomic E-state index is 11.8. The van der Waals surface area contributed by atoms with Crippen LogP contribution < -0.4 is 4.74 Å². The van der Waals surface area contributed by atoms with Gasteiger partial charge in [-0.15, -0.1) is 0 Å². The average Bonchev–Trinajstić information content (AvgIpc) is 3.19. The average molecular weight is 370 g/mol. The van der Waals surface area contributed by atoms with Gasteiger partial charge in [-0.05, 0) is 37.5 Å². The SMILES string of the molecule is CO/C=C(\Oc1cc(-n2ccc(C3CCCCC3)n2)ccc1C)C(=O)OC. The van der Waals surface area contributed by atoms with E-state index in [2.05, 4.69) is 6.07 Å². The van der Waals surface area contributed by atoms with E-state index in [0.29, 0.717) is 11.7 Å². The summed E-state index contributed by atoms with van der Waals surface area (Å²) in [7, 11) is 2.75. The van der Waals surface area contributed by atoms with Crippen LogP contribution in [0, 0.1) is 6.92 Å². The molecule has 0 spiro atoms. The molecule has 0 aliphatic heterocycles. The molecule has 3 rings (SSSR count). The molecule has 27 heavy (non-hydrogen) atoms. The second-order valence-corrected chi connectivity index (χ2v) is 6.78. The first-order valence-electron chi connectivity index (χ1n) is 9.28. The van der Waals surface area contributed by atoms with E-state index < -0.39 is 5.97 Å². The number of nitrogens with zero attached hydrogens (tertiary/aromatic N) is 2. The van der Waals surface area contributed by atoms with Gasteiger partial charge in [0.1, 0.15) is 12.0 Å². The van der Waals surface area contributed by atoms with Gasteiger partial charge in [0, 0.05) is 18.2 Å². The van der Waals surface area contributed by atoms with Crippen LogP contribution in [0.1, 0.15) is 49.3 Å². The second kappa shape index (κ2) is 8.75. The van der Waals surface area contributed by atoms with Crippen molar-refractivity contribution in [3.05, 3.63) is 53.7 Å². The standard InChI is InChI=1S/C21H26N2O4/c1-15-9-10-17(13-19(15)27-20(14-25-2)21(24)26-3)23-12-11-18(22-23)16-7-5-4-6-8-16/h9-14,16H,4-8H2,1-3H3/b20-14-. The second-order valence-electron chi connectivity index (χ2n) is 6.78. The summed E-state index contributed by atoms with van der Waals surface area (Å²) in [6.07, 6.45) is 9.52. The maximum Gasteiger partial charge on any atom is 0.377 e. The van der Waals surface area contributed by atoms with Gasteiger partial charge in [-0.2, -0.15) is 5.10 Å². The molecule has 6 heteroatoms. The number of aromatic nitrogens is 2. The van der Waals surface area contributed by atoms with Crippen LogP contribution in [0.15, 0.2) is 42.5 Å². The van der Waals surface area contributed by atoms with Gasteiger partial charge in [0.2, 0.25) is 5.76 Å². The zero-order valence-corrected chi connectivity index (χ0v) is 16.1. The van der Waals surface area contributed by atoms with Gasteiger partial charge < -0.3 is 14.2 Å². The fourth-order valence-corrected chi connectivity index (χ4v) is 3.38. The Morgan fingerprint density at radius 3 is 2.67 bits per heavy atom. The van der Waals surface area contributed by atoms with Crippen molar-refractivity contribution in [3.63, 3.8) is 0 Å². The van der Waals surface area contributed by atoms with E-state index in [1.165, 1.54) is 52.6 Å². The fourth-order valence-electron chi connectivity index (χ4n) is 3.38. The molecule has 1 heterocycles. The lowest BCUT2D eigenvalue weighted by atomic mass is 9.87. The number of rotatable bonds is 6. The molecule has 1 aromatic carbocycles. The molecule has 6 nitrogen and oxygen atoms in total. The number of hydrogen-bond acceptors (Lipinski definition) is 5. The Kier molecular flexibility index (Phi) is 6.16. The van der Waals surface area contributed by atoms with E-state index in [0.717, 1.165) is 16.9 Å². The molecule has 0 amide bonds. The van der Waals surface area contributed by atoms with Crippen LogP contribution in [0.25, 0.3) is 5.69 Å². The lowest BCUT2D eigenvalue weighted by Crippen LogP contribution is -2.12. The van der Waals surface area contributed by atoms with Crippen molar-refractivity contribution in [2.75, 3.05) is 14.2 Å². The monoisotopic (exact) mass is 370 g/mol. The number of hydrogen-bond donors (Lipinski definition) is 0. The van der Waals surface area contributed by atoms with Crippen molar-refractivity contribution in [2.45, 2.75) is 44.9 Å². The van der Waals surface area contributed by atoms with E-state index in [9.17, 15) is 4.79 Å². The summed E-state index contributed by atoms with van der Waals surface area (Å²) < 4.78 is 17.3. The summed E-state index contributed by atoms with van der Waals surface area (Å²) in [5, 5.41) is 4.77. The smallest absolute Gasteiger partial charge is 0.377 e. The summed E-state index contributed by atoms with van der Waals surface area (Å²) >= 11 is 0. The Balaban J connectivity index is 1.83. The van der Waals surface area contributed by atoms with E-state index >= 15 is 0 Å². The number of aryl methyl sites for hydroxylation is 1. The molecule has 1 aromatic heterocycles. The van der Waals surface area contributed by atoms with Crippen LogP contribution in [-0.2, 0) is 14.3 Å². The number of methoxy groups -OCH3 is 2. The molecular weight excluding hydrogens is 344 g/mol. The Bertz CT molecular complexity index is 819. The van der Waals surface area contributed by atoms with Crippen molar-refractivity contribution in [1.82, 2.24) is 9.78 Å². The van der Waals surface area contributed by atoms with Crippen molar-refractivity contribution < 1.29 is 19.0 Å². The maximum atomic E-state index is 11.8. The predicted molar refractivity (Wildman–Crippen MR) is 102 cm³/mol. The van der Waals surface area contributed by atoms with E-state index in [1.54, 1.807) is 0 Å². The summed E-state index contributed by atoms with van der Waals surface area (Å²) in [4.78, 5) is 11.8. The van der Waals surface area contributed by atoms with Crippen LogP contribution >= 0.6 is 0 Å². The number of benzene rings is 1. The summed E-state index contributed by atoms with van der Waals surface area (Å²) in [6.45, 7) is 1.91. The molecule has 1 fully saturated rings. The fraction of sp³-hybridized carbons (Fsp3) is 0.429. The van der Waals surface area contributed by atoms with Crippen LogP contribution in [0.3, 0.4) is 0 Å². The molecule has 0 saturated heterocycles. The van der Waals surface area contributed by atoms with Gasteiger partial charge in [-0.3, -0.25) is 0 Å². The highest BCUT2D eigenvalue weighted by atomic mass is 16.6. The van der Waals surface area contributed by atoms with Gasteiger partial charge >= 0.3 is 5.97 Å². The van der Waals surface area contributed by atoms with Crippen LogP contribution in [0.2, 0.25) is 0 Å². The molecule has 144 valence electrons. The minimum atomic E-state index is -0.597. The quantitative estimate of drug-likeness (QED) is 0.432. The lowest BCUT2D eigenvalue weighted by molar-refractivity contribution is -0.138. The third-order valence-electron chi connectivity index (χ3n) is 4.90. The number of esters is 1. The van der Waals surface area contributed by atoms with E-state index in [-0.39, 0.29) is 5.76 Å². The van der Waals surface area contributed by atoms with Gasteiger partial charge in [0.05, 0.1) is 25.6 Å². The van der Waals surface area contributed by atoms with Gasteiger partial charge in [0.15, 0.2) is 0 Å². The lowest BCUT2D eigenvalue weighted by Gasteiger charge is -2.19. The van der Waals surface area contributed by atoms with Crippen molar-refractivity contribution in [2.24, 2.45) is 0 Å². The molecule has 2 aromatic rings. The summed E-state index contributed by atoms with van der Waals surface area (Å²) in [5.41, 5.74) is 2.91. The molecule has 1 aliphatic rings. The van der Waals surface area contributed by atoms with Crippen molar-refractivity contribution in [1.29, 1.82) is 0 Å². The highest BCUT2D eigenvalue weighted by Gasteiger charge is 2.19. The molecule has 0 N–H and O–H groups in total. The topological polar surface area (TPSA) is 62.6 Å².